The Kier molecular flexibility index (Phi) is 4.75. The maximum absolute atomic E-state index is 12.3. The van der Waals surface area contributed by atoms with Gasteiger partial charge in [-0.2, -0.15) is 0 Å². The largest absolute Gasteiger partial charge is 0.379 e. The Morgan fingerprint density at radius 1 is 1.29 bits per heavy atom. The fourth-order valence-corrected chi connectivity index (χ4v) is 4.11. The van der Waals surface area contributed by atoms with E-state index in [1.807, 2.05) is 6.92 Å². The van der Waals surface area contributed by atoms with Crippen molar-refractivity contribution in [1.29, 1.82) is 0 Å². The van der Waals surface area contributed by atoms with Crippen LogP contribution in [0.4, 0.5) is 5.69 Å². The van der Waals surface area contributed by atoms with Crippen molar-refractivity contribution >= 4 is 11.5 Å². The Balaban J connectivity index is 2.29. The minimum atomic E-state index is -0.00359. The summed E-state index contributed by atoms with van der Waals surface area (Å²) in [5.41, 5.74) is 3.93. The highest BCUT2D eigenvalue weighted by Crippen LogP contribution is 2.42. The molecule has 116 valence electrons. The molecule has 0 aliphatic carbocycles. The third kappa shape index (κ3) is 3.00. The number of benzene rings is 1. The molecule has 0 fully saturated rings. The topological polar surface area (TPSA) is 29.1 Å². The molecule has 21 heavy (non-hydrogen) atoms. The molecule has 1 aromatic carbocycles. The van der Waals surface area contributed by atoms with Gasteiger partial charge in [-0.05, 0) is 49.8 Å². The lowest BCUT2D eigenvalue weighted by Gasteiger charge is -2.39. The molecule has 3 atom stereocenters. The van der Waals surface area contributed by atoms with Gasteiger partial charge in [0.25, 0.3) is 0 Å². The summed E-state index contributed by atoms with van der Waals surface area (Å²) in [6, 6.07) is 6.65. The molecule has 2 heteroatoms. The van der Waals surface area contributed by atoms with Crippen molar-refractivity contribution in [2.75, 3.05) is 5.32 Å². The van der Waals surface area contributed by atoms with Crippen LogP contribution in [0.25, 0.3) is 0 Å². The zero-order valence-corrected chi connectivity index (χ0v) is 14.1. The first kappa shape index (κ1) is 16.1. The number of fused-ring (bicyclic) bond motifs is 1. The van der Waals surface area contributed by atoms with Crippen LogP contribution in [-0.2, 0) is 11.2 Å². The van der Waals surface area contributed by atoms with Gasteiger partial charge >= 0.3 is 0 Å². The van der Waals surface area contributed by atoms with E-state index in [2.05, 4.69) is 51.2 Å². The molecule has 1 heterocycles. The van der Waals surface area contributed by atoms with E-state index in [1.165, 1.54) is 16.8 Å². The van der Waals surface area contributed by atoms with Crippen molar-refractivity contribution < 1.29 is 4.79 Å². The SMILES string of the molecule is CCC(=O)C(CC)C(CC)C1(C)Cc2ccc(C)cc2N1. The van der Waals surface area contributed by atoms with E-state index in [0.29, 0.717) is 18.1 Å². The smallest absolute Gasteiger partial charge is 0.136 e. The molecule has 0 amide bonds. The number of anilines is 1. The van der Waals surface area contributed by atoms with Gasteiger partial charge in [0, 0.05) is 23.6 Å². The van der Waals surface area contributed by atoms with Crippen molar-refractivity contribution in [3.63, 3.8) is 0 Å². The van der Waals surface area contributed by atoms with Crippen molar-refractivity contribution in [1.82, 2.24) is 0 Å². The van der Waals surface area contributed by atoms with Crippen LogP contribution in [0.1, 0.15) is 58.1 Å². The van der Waals surface area contributed by atoms with E-state index >= 15 is 0 Å². The summed E-state index contributed by atoms with van der Waals surface area (Å²) in [5.74, 6) is 0.982. The normalized spacial score (nSPS) is 23.3. The average Bonchev–Trinajstić information content (AvgIpc) is 2.79. The van der Waals surface area contributed by atoms with Gasteiger partial charge in [0.05, 0.1) is 0 Å². The Morgan fingerprint density at radius 2 is 2.00 bits per heavy atom. The maximum Gasteiger partial charge on any atom is 0.136 e. The number of hydrogen-bond acceptors (Lipinski definition) is 2. The summed E-state index contributed by atoms with van der Waals surface area (Å²) in [5, 5.41) is 3.74. The van der Waals surface area contributed by atoms with E-state index in [-0.39, 0.29) is 11.5 Å². The van der Waals surface area contributed by atoms with Crippen molar-refractivity contribution in [3.05, 3.63) is 29.3 Å². The Labute approximate surface area is 129 Å². The monoisotopic (exact) mass is 287 g/mol. The van der Waals surface area contributed by atoms with Crippen LogP contribution < -0.4 is 5.32 Å². The number of aryl methyl sites for hydroxylation is 1. The van der Waals surface area contributed by atoms with Gasteiger partial charge in [0.2, 0.25) is 0 Å². The van der Waals surface area contributed by atoms with E-state index in [9.17, 15) is 4.79 Å². The molecular weight excluding hydrogens is 258 g/mol. The van der Waals surface area contributed by atoms with Crippen LogP contribution >= 0.6 is 0 Å². The molecule has 3 unspecified atom stereocenters. The van der Waals surface area contributed by atoms with E-state index in [1.54, 1.807) is 0 Å². The first-order chi connectivity index (χ1) is 9.95. The molecule has 2 rings (SSSR count). The Hall–Kier alpha value is -1.31. The third-order valence-electron chi connectivity index (χ3n) is 5.19. The van der Waals surface area contributed by atoms with Gasteiger partial charge in [0.15, 0.2) is 0 Å². The van der Waals surface area contributed by atoms with Crippen molar-refractivity contribution in [2.24, 2.45) is 11.8 Å². The zero-order valence-electron chi connectivity index (χ0n) is 14.1. The first-order valence-corrected chi connectivity index (χ1v) is 8.35. The van der Waals surface area contributed by atoms with Gasteiger partial charge in [0.1, 0.15) is 5.78 Å². The average molecular weight is 287 g/mol. The number of carbonyl (C=O) groups is 1. The van der Waals surface area contributed by atoms with Crippen LogP contribution in [0.5, 0.6) is 0 Å². The minimum absolute atomic E-state index is 0.00359. The summed E-state index contributed by atoms with van der Waals surface area (Å²) < 4.78 is 0. The summed E-state index contributed by atoms with van der Waals surface area (Å²) in [7, 11) is 0. The summed E-state index contributed by atoms with van der Waals surface area (Å²) >= 11 is 0. The number of hydrogen-bond donors (Lipinski definition) is 1. The molecule has 0 saturated carbocycles. The number of ketones is 1. The Bertz CT molecular complexity index is 522. The van der Waals surface area contributed by atoms with E-state index in [0.717, 1.165) is 19.3 Å². The van der Waals surface area contributed by atoms with E-state index in [4.69, 9.17) is 0 Å². The number of Topliss-reactive ketones (excluding diaryl/α,β-unsaturated/α-hetero) is 1. The number of nitrogens with one attached hydrogen (secondary N) is 1. The molecule has 0 aromatic heterocycles. The molecule has 0 spiro atoms. The van der Waals surface area contributed by atoms with Crippen molar-refractivity contribution in [3.8, 4) is 0 Å². The number of carbonyl (C=O) groups excluding carboxylic acids is 1. The quantitative estimate of drug-likeness (QED) is 0.817. The summed E-state index contributed by atoms with van der Waals surface area (Å²) in [6.45, 7) is 10.8. The standard InChI is InChI=1S/C19H29NO/c1-6-15(18(21)8-3)16(7-2)19(5)12-14-10-9-13(4)11-17(14)20-19/h9-11,15-16,20H,6-8,12H2,1-5H3. The fourth-order valence-electron chi connectivity index (χ4n) is 4.11. The van der Waals surface area contributed by atoms with E-state index < -0.39 is 0 Å². The molecule has 2 nitrogen and oxygen atoms in total. The molecular formula is C19H29NO. The molecule has 1 aliphatic rings. The lowest BCUT2D eigenvalue weighted by atomic mass is 9.71. The van der Waals surface area contributed by atoms with Gasteiger partial charge in [-0.1, -0.05) is 39.3 Å². The number of rotatable bonds is 6. The van der Waals surface area contributed by atoms with Gasteiger partial charge < -0.3 is 5.32 Å². The van der Waals surface area contributed by atoms with Crippen LogP contribution in [0, 0.1) is 18.8 Å². The Morgan fingerprint density at radius 3 is 2.57 bits per heavy atom. The van der Waals surface area contributed by atoms with Gasteiger partial charge in [-0.25, -0.2) is 0 Å². The predicted molar refractivity (Wildman–Crippen MR) is 89.8 cm³/mol. The fraction of sp³-hybridized carbons (Fsp3) is 0.632. The van der Waals surface area contributed by atoms with Crippen molar-refractivity contribution in [2.45, 2.75) is 65.8 Å². The van der Waals surface area contributed by atoms with Gasteiger partial charge in [-0.3, -0.25) is 4.79 Å². The predicted octanol–water partition coefficient (Wildman–Crippen LogP) is 4.75. The minimum Gasteiger partial charge on any atom is -0.379 e. The van der Waals surface area contributed by atoms with Gasteiger partial charge in [-0.15, -0.1) is 0 Å². The third-order valence-corrected chi connectivity index (χ3v) is 5.19. The second kappa shape index (κ2) is 6.21. The highest BCUT2D eigenvalue weighted by atomic mass is 16.1. The van der Waals surface area contributed by atoms with Crippen LogP contribution in [-0.4, -0.2) is 11.3 Å². The first-order valence-electron chi connectivity index (χ1n) is 8.35. The molecule has 0 bridgehead atoms. The van der Waals surface area contributed by atoms with Crippen LogP contribution in [0.15, 0.2) is 18.2 Å². The summed E-state index contributed by atoms with van der Waals surface area (Å²) in [6.07, 6.45) is 3.66. The molecule has 0 saturated heterocycles. The van der Waals surface area contributed by atoms with Crippen LogP contribution in [0.2, 0.25) is 0 Å². The highest BCUT2D eigenvalue weighted by Gasteiger charge is 2.43. The second-order valence-electron chi connectivity index (χ2n) is 6.73. The molecule has 1 aliphatic heterocycles. The lowest BCUT2D eigenvalue weighted by Crippen LogP contribution is -2.46. The van der Waals surface area contributed by atoms with Crippen LogP contribution in [0.3, 0.4) is 0 Å². The molecule has 1 aromatic rings. The zero-order chi connectivity index (χ0) is 15.6. The molecule has 1 N–H and O–H groups in total. The molecule has 0 radical (unpaired) electrons. The second-order valence-corrected chi connectivity index (χ2v) is 6.73. The maximum atomic E-state index is 12.3. The summed E-state index contributed by atoms with van der Waals surface area (Å²) in [4.78, 5) is 12.3. The lowest BCUT2D eigenvalue weighted by molar-refractivity contribution is -0.125. The highest BCUT2D eigenvalue weighted by molar-refractivity contribution is 5.81.